The smallest absolute Gasteiger partial charge is 1.00 e. The maximum atomic E-state index is 2.43. The van der Waals surface area contributed by atoms with Gasteiger partial charge in [-0.3, -0.25) is 0 Å². The standard InChI is InChI=1S/2C6H8P.2ClH.Zr/c2*1-5-3-7-4-6(5)2;;;/h2*3,7H,1-2H3;2*1H;/q;;;;+2/p-2. The van der Waals surface area contributed by atoms with Gasteiger partial charge in [-0.2, -0.15) is 0 Å². The van der Waals surface area contributed by atoms with E-state index in [0.29, 0.717) is 0 Å². The molecule has 2 rings (SSSR count). The fourth-order valence-electron chi connectivity index (χ4n) is 1.57. The Morgan fingerprint density at radius 3 is 1.35 bits per heavy atom. The van der Waals surface area contributed by atoms with Crippen LogP contribution in [0.4, 0.5) is 0 Å². The van der Waals surface area contributed by atoms with Crippen molar-refractivity contribution < 1.29 is 48.0 Å². The molecule has 2 unspecified atom stereocenters. The van der Waals surface area contributed by atoms with Gasteiger partial charge >= 0.3 is 107 Å². The molecule has 0 aliphatic heterocycles. The van der Waals surface area contributed by atoms with Gasteiger partial charge in [0.05, 0.1) is 0 Å². The molecule has 0 amide bonds. The van der Waals surface area contributed by atoms with E-state index in [0.717, 1.165) is 16.4 Å². The van der Waals surface area contributed by atoms with Gasteiger partial charge in [0.2, 0.25) is 0 Å². The minimum atomic E-state index is -0.413. The number of aryl methyl sites for hydroxylation is 2. The summed E-state index contributed by atoms with van der Waals surface area (Å²) in [5, 5.41) is 0. The van der Waals surface area contributed by atoms with Gasteiger partial charge in [-0.05, 0) is 0 Å². The van der Waals surface area contributed by atoms with Crippen molar-refractivity contribution in [1.29, 1.82) is 0 Å². The van der Waals surface area contributed by atoms with E-state index in [1.54, 1.807) is 11.1 Å². The van der Waals surface area contributed by atoms with E-state index in [1.807, 2.05) is 6.01 Å². The molecule has 0 fully saturated rings. The Labute approximate surface area is 131 Å². The van der Waals surface area contributed by atoms with Crippen LogP contribution in [0.5, 0.6) is 0 Å². The Bertz CT molecular complexity index is 444. The summed E-state index contributed by atoms with van der Waals surface area (Å²) in [7, 11) is 2.02. The van der Waals surface area contributed by atoms with Crippen LogP contribution in [0.1, 0.15) is 22.3 Å². The zero-order valence-electron chi connectivity index (χ0n) is 10.4. The van der Waals surface area contributed by atoms with Crippen LogP contribution in [0, 0.1) is 27.7 Å². The Hall–Kier alpha value is 1.02. The number of hydrogen-bond acceptors (Lipinski definition) is 0. The van der Waals surface area contributed by atoms with Crippen molar-refractivity contribution >= 4 is 22.4 Å². The molecular weight excluding hydrogens is 368 g/mol. The van der Waals surface area contributed by atoms with Gasteiger partial charge in [0.1, 0.15) is 0 Å². The minimum absolute atomic E-state index is 0. The quantitative estimate of drug-likeness (QED) is 0.519. The van der Waals surface area contributed by atoms with Crippen LogP contribution >= 0.6 is 16.4 Å². The zero-order chi connectivity index (χ0) is 11.0. The first-order chi connectivity index (χ1) is 7.09. The molecule has 2 heterocycles. The summed E-state index contributed by atoms with van der Waals surface area (Å²) in [4.78, 5) is 0. The van der Waals surface area contributed by atoms with E-state index >= 15 is 0 Å². The first-order valence-corrected chi connectivity index (χ1v) is 9.77. The maximum absolute atomic E-state index is 2.43. The predicted octanol–water partition coefficient (Wildman–Crippen LogP) is -2.98. The molecule has 17 heavy (non-hydrogen) atoms. The van der Waals surface area contributed by atoms with Crippen molar-refractivity contribution in [3.05, 3.63) is 33.9 Å². The molecule has 0 aromatic carbocycles. The zero-order valence-corrected chi connectivity index (χ0v) is 16.4. The van der Waals surface area contributed by atoms with Crippen molar-refractivity contribution in [3.63, 3.8) is 0 Å². The van der Waals surface area contributed by atoms with Gasteiger partial charge in [-0.1, -0.05) is 0 Å². The van der Waals surface area contributed by atoms with Gasteiger partial charge in [0.15, 0.2) is 0 Å². The van der Waals surface area contributed by atoms with Crippen molar-refractivity contribution in [2.75, 3.05) is 0 Å². The molecule has 0 bridgehead atoms. The second kappa shape index (κ2) is 7.57. The van der Waals surface area contributed by atoms with Crippen LogP contribution in [-0.4, -0.2) is 0 Å². The second-order valence-corrected chi connectivity index (χ2v) is 11.8. The number of rotatable bonds is 2. The molecule has 2 aromatic rings. The SMILES string of the molecule is Cc1c[pH][c]([Zr+2][c]2[pH]cc(C)c2C)c1C.[Cl-].[Cl-]. The topological polar surface area (TPSA) is 0 Å². The summed E-state index contributed by atoms with van der Waals surface area (Å²) in [6.07, 6.45) is 0. The molecule has 0 saturated heterocycles. The van der Waals surface area contributed by atoms with Crippen molar-refractivity contribution in [2.45, 2.75) is 27.7 Å². The Morgan fingerprint density at radius 2 is 1.12 bits per heavy atom. The second-order valence-electron chi connectivity index (χ2n) is 4.07. The van der Waals surface area contributed by atoms with Crippen LogP contribution in [0.15, 0.2) is 11.6 Å². The molecule has 0 N–H and O–H groups in total. The third-order valence-corrected chi connectivity index (χ3v) is 12.2. The number of halogens is 2. The fourth-order valence-corrected chi connectivity index (χ4v) is 10.6. The third kappa shape index (κ3) is 3.99. The normalized spacial score (nSPS) is 10.1. The van der Waals surface area contributed by atoms with Gasteiger partial charge in [0.25, 0.3) is 0 Å². The monoisotopic (exact) mass is 382 g/mol. The van der Waals surface area contributed by atoms with Crippen molar-refractivity contribution in [2.24, 2.45) is 0 Å². The molecule has 0 radical (unpaired) electrons. The summed E-state index contributed by atoms with van der Waals surface area (Å²) >= 11 is -0.413. The summed E-state index contributed by atoms with van der Waals surface area (Å²) < 4.78 is 3.67. The fraction of sp³-hybridized carbons (Fsp3) is 0.333. The molecule has 2 aromatic heterocycles. The molecule has 0 aliphatic carbocycles. The van der Waals surface area contributed by atoms with Gasteiger partial charge in [0, 0.05) is 0 Å². The summed E-state index contributed by atoms with van der Waals surface area (Å²) in [5.74, 6) is 4.86. The molecular formula is C12H16Cl2P2Zr. The summed E-state index contributed by atoms with van der Waals surface area (Å²) in [5.41, 5.74) is 6.31. The van der Waals surface area contributed by atoms with Crippen LogP contribution in [-0.2, 0) is 23.2 Å². The Balaban J connectivity index is 0.00000128. The first kappa shape index (κ1) is 18.0. The molecule has 2 atom stereocenters. The largest absolute Gasteiger partial charge is 1.00 e. The summed E-state index contributed by atoms with van der Waals surface area (Å²) in [6, 6.07) is 0. The van der Waals surface area contributed by atoms with E-state index in [9.17, 15) is 0 Å². The molecule has 5 heteroatoms. The van der Waals surface area contributed by atoms with E-state index in [1.165, 1.54) is 11.1 Å². The van der Waals surface area contributed by atoms with E-state index in [-0.39, 0.29) is 24.8 Å². The van der Waals surface area contributed by atoms with E-state index in [2.05, 4.69) is 39.3 Å². The van der Waals surface area contributed by atoms with E-state index < -0.39 is 23.2 Å². The minimum Gasteiger partial charge on any atom is -1.00 e. The van der Waals surface area contributed by atoms with Gasteiger partial charge in [-0.15, -0.1) is 0 Å². The number of hydrogen-bond donors (Lipinski definition) is 0. The summed E-state index contributed by atoms with van der Waals surface area (Å²) in [6.45, 7) is 9.15. The van der Waals surface area contributed by atoms with Crippen LogP contribution in [0.25, 0.3) is 0 Å². The third-order valence-electron chi connectivity index (χ3n) is 3.05. The van der Waals surface area contributed by atoms with Crippen LogP contribution in [0.2, 0.25) is 0 Å². The van der Waals surface area contributed by atoms with Crippen LogP contribution in [0.3, 0.4) is 0 Å². The Morgan fingerprint density at radius 1 is 0.765 bits per heavy atom. The molecule has 0 nitrogen and oxygen atoms in total. The van der Waals surface area contributed by atoms with Crippen LogP contribution < -0.4 is 30.8 Å². The Kier molecular flexibility index (Phi) is 8.03. The molecule has 0 saturated carbocycles. The molecule has 0 spiro atoms. The molecule has 92 valence electrons. The first-order valence-electron chi connectivity index (χ1n) is 5.15. The maximum Gasteiger partial charge on any atom is -1.00 e. The average molecular weight is 384 g/mol. The van der Waals surface area contributed by atoms with Gasteiger partial charge in [-0.25, -0.2) is 0 Å². The predicted molar refractivity (Wildman–Crippen MR) is 70.1 cm³/mol. The van der Waals surface area contributed by atoms with Crippen molar-refractivity contribution in [1.82, 2.24) is 0 Å². The van der Waals surface area contributed by atoms with E-state index in [4.69, 9.17) is 0 Å². The van der Waals surface area contributed by atoms with Crippen molar-refractivity contribution in [3.8, 4) is 0 Å². The molecule has 0 aliphatic rings. The average Bonchev–Trinajstić information content (AvgIpc) is 2.68. The van der Waals surface area contributed by atoms with Gasteiger partial charge < -0.3 is 24.8 Å².